The second-order valence-corrected chi connectivity index (χ2v) is 6.19. The van der Waals surface area contributed by atoms with E-state index in [-0.39, 0.29) is 5.56 Å². The molecule has 0 amide bonds. The van der Waals surface area contributed by atoms with Crippen LogP contribution in [0.1, 0.15) is 12.6 Å². The number of aryl methyl sites for hydroxylation is 2. The molecule has 0 aliphatic carbocycles. The molecule has 0 bridgehead atoms. The van der Waals surface area contributed by atoms with Crippen molar-refractivity contribution >= 4 is 17.2 Å². The van der Waals surface area contributed by atoms with E-state index in [1.807, 2.05) is 30.6 Å². The minimum absolute atomic E-state index is 0.0585. The van der Waals surface area contributed by atoms with Crippen molar-refractivity contribution in [1.29, 1.82) is 0 Å². The number of hydrogen-bond donors (Lipinski definition) is 0. The summed E-state index contributed by atoms with van der Waals surface area (Å²) >= 11 is 0. The van der Waals surface area contributed by atoms with Crippen LogP contribution in [0.3, 0.4) is 0 Å². The van der Waals surface area contributed by atoms with Crippen LogP contribution in [-0.4, -0.2) is 50.6 Å². The van der Waals surface area contributed by atoms with Crippen molar-refractivity contribution in [2.24, 2.45) is 0 Å². The van der Waals surface area contributed by atoms with Crippen LogP contribution in [0.4, 0.5) is 11.6 Å². The van der Waals surface area contributed by atoms with E-state index >= 15 is 0 Å². The van der Waals surface area contributed by atoms with Crippen LogP contribution in [-0.2, 0) is 6.54 Å². The second-order valence-electron chi connectivity index (χ2n) is 6.19. The molecule has 1 aliphatic heterocycles. The summed E-state index contributed by atoms with van der Waals surface area (Å²) in [5.41, 5.74) is 1.96. The molecule has 0 saturated carbocycles. The van der Waals surface area contributed by atoms with Gasteiger partial charge in [-0.15, -0.1) is 0 Å². The first kappa shape index (κ1) is 15.6. The first-order valence-corrected chi connectivity index (χ1v) is 8.55. The van der Waals surface area contributed by atoms with Crippen molar-refractivity contribution in [3.05, 3.63) is 46.6 Å². The predicted octanol–water partition coefficient (Wildman–Crippen LogP) is 0.941. The molecule has 130 valence electrons. The fraction of sp³-hybridized carbons (Fsp3) is 0.412. The Bertz CT molecular complexity index is 953. The molecule has 1 aliphatic rings. The zero-order chi connectivity index (χ0) is 17.4. The zero-order valence-corrected chi connectivity index (χ0v) is 14.5. The molecule has 1 fully saturated rings. The van der Waals surface area contributed by atoms with Gasteiger partial charge in [0.05, 0.1) is 5.69 Å². The number of fused-ring (bicyclic) bond motifs is 1. The summed E-state index contributed by atoms with van der Waals surface area (Å²) in [7, 11) is 0. The number of aromatic nitrogens is 5. The minimum atomic E-state index is -0.0585. The highest BCUT2D eigenvalue weighted by molar-refractivity contribution is 5.69. The van der Waals surface area contributed by atoms with Crippen LogP contribution < -0.4 is 15.4 Å². The number of hydrogen-bond acceptors (Lipinski definition) is 6. The molecule has 4 heterocycles. The van der Waals surface area contributed by atoms with Gasteiger partial charge in [-0.25, -0.2) is 14.2 Å². The second kappa shape index (κ2) is 6.19. The van der Waals surface area contributed by atoms with Crippen molar-refractivity contribution in [2.75, 3.05) is 36.0 Å². The van der Waals surface area contributed by atoms with Crippen molar-refractivity contribution in [3.8, 4) is 0 Å². The highest BCUT2D eigenvalue weighted by Gasteiger charge is 2.21. The third kappa shape index (κ3) is 2.84. The Balaban J connectivity index is 1.54. The van der Waals surface area contributed by atoms with Gasteiger partial charge in [0.25, 0.3) is 5.56 Å². The molecule has 0 aromatic carbocycles. The van der Waals surface area contributed by atoms with E-state index in [1.54, 1.807) is 12.3 Å². The molecule has 0 spiro atoms. The average molecular weight is 339 g/mol. The molecule has 0 atom stereocenters. The number of anilines is 2. The Morgan fingerprint density at radius 1 is 1.08 bits per heavy atom. The molecular weight excluding hydrogens is 318 g/mol. The third-order valence-electron chi connectivity index (χ3n) is 4.55. The molecule has 0 unspecified atom stereocenters. The molecule has 8 nitrogen and oxygen atoms in total. The molecule has 4 rings (SSSR count). The number of piperazine rings is 1. The van der Waals surface area contributed by atoms with Gasteiger partial charge in [-0.3, -0.25) is 4.79 Å². The van der Waals surface area contributed by atoms with Crippen LogP contribution in [0.15, 0.2) is 35.4 Å². The van der Waals surface area contributed by atoms with Crippen LogP contribution in [0.25, 0.3) is 5.52 Å². The Hall–Kier alpha value is -2.90. The summed E-state index contributed by atoms with van der Waals surface area (Å²) in [6.07, 6.45) is 3.67. The molecule has 0 N–H and O–H groups in total. The van der Waals surface area contributed by atoms with Crippen molar-refractivity contribution in [2.45, 2.75) is 20.4 Å². The lowest BCUT2D eigenvalue weighted by atomic mass is 10.3. The topological polar surface area (TPSA) is 71.6 Å². The van der Waals surface area contributed by atoms with Crippen LogP contribution in [0.5, 0.6) is 0 Å². The Morgan fingerprint density at radius 2 is 1.84 bits per heavy atom. The summed E-state index contributed by atoms with van der Waals surface area (Å²) in [5, 5.41) is 8.90. The highest BCUT2D eigenvalue weighted by atomic mass is 16.1. The van der Waals surface area contributed by atoms with E-state index < -0.39 is 0 Å². The molecule has 8 heteroatoms. The van der Waals surface area contributed by atoms with E-state index in [4.69, 9.17) is 0 Å². The fourth-order valence-electron chi connectivity index (χ4n) is 3.25. The van der Waals surface area contributed by atoms with Gasteiger partial charge < -0.3 is 9.80 Å². The lowest BCUT2D eigenvalue weighted by Gasteiger charge is -2.36. The van der Waals surface area contributed by atoms with Crippen molar-refractivity contribution in [3.63, 3.8) is 0 Å². The SMILES string of the molecule is CCn1nc(N2CCN(c3nccn4nc(C)cc34)CC2)ccc1=O. The van der Waals surface area contributed by atoms with Gasteiger partial charge in [-0.05, 0) is 26.0 Å². The summed E-state index contributed by atoms with van der Waals surface area (Å²) in [5.74, 6) is 1.82. The molecular formula is C17H21N7O. The number of rotatable bonds is 3. The van der Waals surface area contributed by atoms with Crippen LogP contribution >= 0.6 is 0 Å². The predicted molar refractivity (Wildman–Crippen MR) is 96.3 cm³/mol. The largest absolute Gasteiger partial charge is 0.352 e. The maximum absolute atomic E-state index is 11.7. The van der Waals surface area contributed by atoms with Gasteiger partial charge in [0, 0.05) is 51.2 Å². The lowest BCUT2D eigenvalue weighted by molar-refractivity contribution is 0.587. The van der Waals surface area contributed by atoms with Crippen LogP contribution in [0, 0.1) is 6.92 Å². The monoisotopic (exact) mass is 339 g/mol. The van der Waals surface area contributed by atoms with E-state index in [1.165, 1.54) is 4.68 Å². The zero-order valence-electron chi connectivity index (χ0n) is 14.5. The van der Waals surface area contributed by atoms with E-state index in [2.05, 4.69) is 31.0 Å². The summed E-state index contributed by atoms with van der Waals surface area (Å²) in [4.78, 5) is 20.8. The molecule has 0 radical (unpaired) electrons. The Labute approximate surface area is 145 Å². The first-order valence-electron chi connectivity index (χ1n) is 8.55. The van der Waals surface area contributed by atoms with Gasteiger partial charge in [0.1, 0.15) is 11.3 Å². The quantitative estimate of drug-likeness (QED) is 0.707. The third-order valence-corrected chi connectivity index (χ3v) is 4.55. The summed E-state index contributed by atoms with van der Waals surface area (Å²) < 4.78 is 3.38. The Morgan fingerprint density at radius 3 is 2.60 bits per heavy atom. The average Bonchev–Trinajstić information content (AvgIpc) is 3.02. The normalized spacial score (nSPS) is 15.1. The first-order chi connectivity index (χ1) is 12.2. The van der Waals surface area contributed by atoms with Gasteiger partial charge in [-0.2, -0.15) is 10.2 Å². The molecule has 3 aromatic heterocycles. The van der Waals surface area contributed by atoms with E-state index in [0.29, 0.717) is 6.54 Å². The van der Waals surface area contributed by atoms with Gasteiger partial charge in [-0.1, -0.05) is 0 Å². The van der Waals surface area contributed by atoms with Gasteiger partial charge in [0.2, 0.25) is 0 Å². The smallest absolute Gasteiger partial charge is 0.266 e. The molecule has 3 aromatic rings. The van der Waals surface area contributed by atoms with Crippen molar-refractivity contribution < 1.29 is 0 Å². The van der Waals surface area contributed by atoms with Crippen molar-refractivity contribution in [1.82, 2.24) is 24.4 Å². The van der Waals surface area contributed by atoms with Gasteiger partial charge in [0.15, 0.2) is 5.82 Å². The molecule has 25 heavy (non-hydrogen) atoms. The fourth-order valence-corrected chi connectivity index (χ4v) is 3.25. The van der Waals surface area contributed by atoms with Crippen LogP contribution in [0.2, 0.25) is 0 Å². The van der Waals surface area contributed by atoms with E-state index in [0.717, 1.165) is 49.0 Å². The highest BCUT2D eigenvalue weighted by Crippen LogP contribution is 2.22. The number of nitrogens with zero attached hydrogens (tertiary/aromatic N) is 7. The molecule has 1 saturated heterocycles. The summed E-state index contributed by atoms with van der Waals surface area (Å²) in [6.45, 7) is 7.88. The Kier molecular flexibility index (Phi) is 3.87. The minimum Gasteiger partial charge on any atom is -0.352 e. The lowest BCUT2D eigenvalue weighted by Crippen LogP contribution is -2.47. The maximum atomic E-state index is 11.7. The maximum Gasteiger partial charge on any atom is 0.266 e. The standard InChI is InChI=1S/C17H21N7O/c1-3-23-16(25)5-4-15(20-23)21-8-10-22(11-9-21)17-14-12-13(2)19-24(14)7-6-18-17/h4-7,12H,3,8-11H2,1-2H3. The van der Waals surface area contributed by atoms with Gasteiger partial charge >= 0.3 is 0 Å². The summed E-state index contributed by atoms with van der Waals surface area (Å²) in [6, 6.07) is 5.46. The van der Waals surface area contributed by atoms with E-state index in [9.17, 15) is 4.79 Å².